The summed E-state index contributed by atoms with van der Waals surface area (Å²) in [6, 6.07) is 3.97. The highest BCUT2D eigenvalue weighted by Gasteiger charge is 2.36. The van der Waals surface area contributed by atoms with Crippen LogP contribution in [0.25, 0.3) is 0 Å². The minimum atomic E-state index is -4.25. The number of anilines is 1. The summed E-state index contributed by atoms with van der Waals surface area (Å²) < 4.78 is 37.5. The topological polar surface area (TPSA) is 49.6 Å². The Balaban J connectivity index is 2.15. The van der Waals surface area contributed by atoms with Crippen LogP contribution in [0.3, 0.4) is 0 Å². The van der Waals surface area contributed by atoms with E-state index in [1.54, 1.807) is 11.8 Å². The van der Waals surface area contributed by atoms with Gasteiger partial charge in [-0.05, 0) is 19.1 Å². The first-order valence-corrected chi connectivity index (χ1v) is 7.05. The molecule has 0 spiro atoms. The minimum Gasteiger partial charge on any atom is -0.363 e. The Hall–Kier alpha value is -1.54. The van der Waals surface area contributed by atoms with Crippen molar-refractivity contribution in [1.82, 2.24) is 4.90 Å². The molecule has 1 saturated heterocycles. The molecule has 122 valence electrons. The molecule has 22 heavy (non-hydrogen) atoms. The SMILES string of the molecule is CC1CN(c2ccc(Cl)cc2[N+](=O)[O-])CCN1CC(F)(F)F. The predicted octanol–water partition coefficient (Wildman–Crippen LogP) is 3.32. The zero-order valence-electron chi connectivity index (χ0n) is 11.8. The maximum Gasteiger partial charge on any atom is 0.401 e. The molecule has 0 aliphatic carbocycles. The molecule has 1 fully saturated rings. The summed E-state index contributed by atoms with van der Waals surface area (Å²) in [4.78, 5) is 13.6. The largest absolute Gasteiger partial charge is 0.401 e. The zero-order chi connectivity index (χ0) is 16.5. The van der Waals surface area contributed by atoms with Gasteiger partial charge in [0.1, 0.15) is 5.69 Å². The molecular formula is C13H15ClF3N3O2. The molecule has 1 atom stereocenters. The van der Waals surface area contributed by atoms with E-state index in [-0.39, 0.29) is 23.3 Å². The lowest BCUT2D eigenvalue weighted by Gasteiger charge is -2.40. The summed E-state index contributed by atoms with van der Waals surface area (Å²) in [6.45, 7) is 1.49. The molecule has 1 aliphatic rings. The normalized spacial score (nSPS) is 20.2. The number of halogens is 4. The van der Waals surface area contributed by atoms with E-state index in [0.29, 0.717) is 18.8 Å². The van der Waals surface area contributed by atoms with E-state index in [1.165, 1.54) is 23.1 Å². The van der Waals surface area contributed by atoms with Crippen molar-refractivity contribution in [3.63, 3.8) is 0 Å². The molecule has 2 rings (SSSR count). The van der Waals surface area contributed by atoms with Gasteiger partial charge in [0.2, 0.25) is 0 Å². The highest BCUT2D eigenvalue weighted by Crippen LogP contribution is 2.32. The number of piperazine rings is 1. The number of nitro groups is 1. The first-order valence-electron chi connectivity index (χ1n) is 6.67. The van der Waals surface area contributed by atoms with Crippen LogP contribution >= 0.6 is 11.6 Å². The van der Waals surface area contributed by atoms with Crippen LogP contribution in [0.4, 0.5) is 24.5 Å². The third-order valence-corrected chi connectivity index (χ3v) is 3.86. The van der Waals surface area contributed by atoms with Crippen LogP contribution in [0.5, 0.6) is 0 Å². The van der Waals surface area contributed by atoms with Gasteiger partial charge in [-0.1, -0.05) is 11.6 Å². The minimum absolute atomic E-state index is 0.135. The molecule has 0 amide bonds. The quantitative estimate of drug-likeness (QED) is 0.627. The Morgan fingerprint density at radius 3 is 2.64 bits per heavy atom. The Bertz CT molecular complexity index is 568. The average Bonchev–Trinajstić information content (AvgIpc) is 2.39. The lowest BCUT2D eigenvalue weighted by molar-refractivity contribution is -0.384. The van der Waals surface area contributed by atoms with Crippen molar-refractivity contribution in [2.75, 3.05) is 31.1 Å². The maximum atomic E-state index is 12.5. The van der Waals surface area contributed by atoms with Crippen molar-refractivity contribution in [2.45, 2.75) is 19.1 Å². The third kappa shape index (κ3) is 4.01. The van der Waals surface area contributed by atoms with Crippen molar-refractivity contribution in [2.24, 2.45) is 0 Å². The third-order valence-electron chi connectivity index (χ3n) is 3.62. The van der Waals surface area contributed by atoms with Gasteiger partial charge in [0.25, 0.3) is 5.69 Å². The van der Waals surface area contributed by atoms with Crippen molar-refractivity contribution in [1.29, 1.82) is 0 Å². The summed E-state index contributed by atoms with van der Waals surface area (Å²) in [7, 11) is 0. The van der Waals surface area contributed by atoms with E-state index in [1.807, 2.05) is 0 Å². The molecule has 5 nitrogen and oxygen atoms in total. The number of alkyl halides is 3. The molecule has 1 unspecified atom stereocenters. The van der Waals surface area contributed by atoms with Gasteiger partial charge in [-0.15, -0.1) is 0 Å². The van der Waals surface area contributed by atoms with E-state index in [9.17, 15) is 23.3 Å². The van der Waals surface area contributed by atoms with Gasteiger partial charge in [-0.25, -0.2) is 0 Å². The van der Waals surface area contributed by atoms with Gasteiger partial charge in [0.05, 0.1) is 11.5 Å². The van der Waals surface area contributed by atoms with Crippen LogP contribution in [-0.2, 0) is 0 Å². The molecule has 9 heteroatoms. The van der Waals surface area contributed by atoms with Crippen LogP contribution in [0, 0.1) is 10.1 Å². The van der Waals surface area contributed by atoms with Gasteiger partial charge in [-0.3, -0.25) is 15.0 Å². The van der Waals surface area contributed by atoms with E-state index in [4.69, 9.17) is 11.6 Å². The fourth-order valence-electron chi connectivity index (χ4n) is 2.59. The van der Waals surface area contributed by atoms with Crippen molar-refractivity contribution in [3.05, 3.63) is 33.3 Å². The second kappa shape index (κ2) is 6.29. The van der Waals surface area contributed by atoms with Crippen molar-refractivity contribution < 1.29 is 18.1 Å². The van der Waals surface area contributed by atoms with E-state index < -0.39 is 17.6 Å². The average molecular weight is 338 g/mol. The molecule has 1 heterocycles. The molecule has 0 N–H and O–H groups in total. The number of rotatable bonds is 3. The number of hydrogen-bond acceptors (Lipinski definition) is 4. The molecular weight excluding hydrogens is 323 g/mol. The Morgan fingerprint density at radius 1 is 1.41 bits per heavy atom. The van der Waals surface area contributed by atoms with Crippen LogP contribution < -0.4 is 4.90 Å². The lowest BCUT2D eigenvalue weighted by atomic mass is 10.1. The van der Waals surface area contributed by atoms with Gasteiger partial charge < -0.3 is 4.90 Å². The van der Waals surface area contributed by atoms with Gasteiger partial charge in [0.15, 0.2) is 0 Å². The number of nitro benzene ring substituents is 1. The van der Waals surface area contributed by atoms with Gasteiger partial charge >= 0.3 is 6.18 Å². The molecule has 1 aliphatic heterocycles. The van der Waals surface area contributed by atoms with Crippen LogP contribution in [0.1, 0.15) is 6.92 Å². The lowest BCUT2D eigenvalue weighted by Crippen LogP contribution is -2.54. The summed E-state index contributed by atoms with van der Waals surface area (Å²) in [5.41, 5.74) is 0.247. The molecule has 0 aromatic heterocycles. The van der Waals surface area contributed by atoms with E-state index >= 15 is 0 Å². The van der Waals surface area contributed by atoms with Crippen LogP contribution in [0.15, 0.2) is 18.2 Å². The van der Waals surface area contributed by atoms with E-state index in [0.717, 1.165) is 0 Å². The summed E-state index contributed by atoms with van der Waals surface area (Å²) in [5.74, 6) is 0. The van der Waals surface area contributed by atoms with Gasteiger partial charge in [-0.2, -0.15) is 13.2 Å². The van der Waals surface area contributed by atoms with E-state index in [2.05, 4.69) is 0 Å². The maximum absolute atomic E-state index is 12.5. The standard InChI is InChI=1S/C13H15ClF3N3O2/c1-9-7-18(4-5-19(9)8-13(15,16)17)11-3-2-10(14)6-12(11)20(21)22/h2-3,6,9H,4-5,7-8H2,1H3. The zero-order valence-corrected chi connectivity index (χ0v) is 12.6. The molecule has 0 radical (unpaired) electrons. The first kappa shape index (κ1) is 16.8. The highest BCUT2D eigenvalue weighted by atomic mass is 35.5. The van der Waals surface area contributed by atoms with Crippen LogP contribution in [-0.4, -0.2) is 48.2 Å². The molecule has 1 aromatic carbocycles. The Morgan fingerprint density at radius 2 is 2.09 bits per heavy atom. The number of benzene rings is 1. The fourth-order valence-corrected chi connectivity index (χ4v) is 2.76. The van der Waals surface area contributed by atoms with Crippen molar-refractivity contribution >= 4 is 23.0 Å². The second-order valence-corrected chi connectivity index (χ2v) is 5.71. The van der Waals surface area contributed by atoms with Crippen LogP contribution in [0.2, 0.25) is 5.02 Å². The number of nitrogens with zero attached hydrogens (tertiary/aromatic N) is 3. The predicted molar refractivity (Wildman–Crippen MR) is 77.4 cm³/mol. The Labute approximate surface area is 130 Å². The molecule has 1 aromatic rings. The molecule has 0 saturated carbocycles. The highest BCUT2D eigenvalue weighted by molar-refractivity contribution is 6.30. The first-order chi connectivity index (χ1) is 10.2. The smallest absolute Gasteiger partial charge is 0.363 e. The second-order valence-electron chi connectivity index (χ2n) is 5.27. The van der Waals surface area contributed by atoms with Crippen molar-refractivity contribution in [3.8, 4) is 0 Å². The summed E-state index contributed by atoms with van der Waals surface area (Å²) >= 11 is 5.77. The molecule has 0 bridgehead atoms. The monoisotopic (exact) mass is 337 g/mol. The summed E-state index contributed by atoms with van der Waals surface area (Å²) in [6.07, 6.45) is -4.25. The Kier molecular flexibility index (Phi) is 4.81. The fraction of sp³-hybridized carbons (Fsp3) is 0.538. The number of hydrogen-bond donors (Lipinski definition) is 0. The summed E-state index contributed by atoms with van der Waals surface area (Å²) in [5, 5.41) is 11.4. The van der Waals surface area contributed by atoms with Gasteiger partial charge in [0, 0.05) is 36.8 Å².